The lowest BCUT2D eigenvalue weighted by Gasteiger charge is -2.21. The molecule has 0 aliphatic rings. The van der Waals surface area contributed by atoms with Crippen molar-refractivity contribution in [3.05, 3.63) is 29.8 Å². The van der Waals surface area contributed by atoms with Crippen LogP contribution in [0.5, 0.6) is 5.75 Å². The first-order valence-electron chi connectivity index (χ1n) is 10.3. The van der Waals surface area contributed by atoms with Crippen LogP contribution < -0.4 is 15.4 Å². The Labute approximate surface area is 172 Å². The van der Waals surface area contributed by atoms with Gasteiger partial charge in [0.05, 0.1) is 6.54 Å². The van der Waals surface area contributed by atoms with Crippen LogP contribution in [0.3, 0.4) is 0 Å². The minimum Gasteiger partial charge on any atom is -0.484 e. The Morgan fingerprint density at radius 1 is 1.17 bits per heavy atom. The highest BCUT2D eigenvalue weighted by Gasteiger charge is 2.28. The minimum absolute atomic E-state index is 0.205. The highest BCUT2D eigenvalue weighted by molar-refractivity contribution is 5.80. The van der Waals surface area contributed by atoms with Crippen molar-refractivity contribution < 1.29 is 17.9 Å². The smallest absolute Gasteiger partial charge is 0.422 e. The Morgan fingerprint density at radius 3 is 2.48 bits per heavy atom. The largest absolute Gasteiger partial charge is 0.484 e. The molecule has 1 aromatic carbocycles. The second-order valence-corrected chi connectivity index (χ2v) is 6.92. The molecule has 0 aliphatic carbocycles. The summed E-state index contributed by atoms with van der Waals surface area (Å²) in [4.78, 5) is 6.92. The molecule has 0 radical (unpaired) electrons. The Kier molecular flexibility index (Phi) is 11.5. The fourth-order valence-corrected chi connectivity index (χ4v) is 2.89. The zero-order valence-electron chi connectivity index (χ0n) is 18.0. The molecule has 0 aromatic heterocycles. The Bertz CT molecular complexity index is 604. The molecular formula is C21H35F3N4O. The number of ether oxygens (including phenoxy) is 1. The number of para-hydroxylation sites is 1. The first-order chi connectivity index (χ1) is 13.8. The second-order valence-electron chi connectivity index (χ2n) is 6.92. The lowest BCUT2D eigenvalue weighted by atomic mass is 10.2. The number of alkyl halides is 3. The number of rotatable bonds is 12. The summed E-state index contributed by atoms with van der Waals surface area (Å²) >= 11 is 0. The van der Waals surface area contributed by atoms with E-state index in [0.29, 0.717) is 18.1 Å². The summed E-state index contributed by atoms with van der Waals surface area (Å²) in [5, 5.41) is 6.56. The summed E-state index contributed by atoms with van der Waals surface area (Å²) in [5.74, 6) is 0.852. The lowest BCUT2D eigenvalue weighted by Crippen LogP contribution is -2.42. The van der Waals surface area contributed by atoms with Crippen LogP contribution in [0.1, 0.15) is 46.1 Å². The summed E-state index contributed by atoms with van der Waals surface area (Å²) in [5.41, 5.74) is 0.614. The average molecular weight is 417 g/mol. The van der Waals surface area contributed by atoms with E-state index < -0.39 is 12.8 Å². The SMILES string of the molecule is CCNC(=NCc1ccccc1OCC(F)(F)F)NC(C)CCCN(CC)CC. The van der Waals surface area contributed by atoms with Crippen LogP contribution in [0.2, 0.25) is 0 Å². The molecule has 1 rings (SSSR count). The molecule has 0 aliphatic heterocycles. The van der Waals surface area contributed by atoms with Crippen molar-refractivity contribution in [2.75, 3.05) is 32.8 Å². The van der Waals surface area contributed by atoms with Crippen LogP contribution in [0.15, 0.2) is 29.3 Å². The molecule has 1 atom stereocenters. The third kappa shape index (κ3) is 11.0. The molecule has 0 saturated carbocycles. The predicted octanol–water partition coefficient (Wildman–Crippen LogP) is 4.19. The molecule has 0 amide bonds. The Balaban J connectivity index is 2.65. The van der Waals surface area contributed by atoms with Gasteiger partial charge in [-0.25, -0.2) is 4.99 Å². The number of nitrogens with zero attached hydrogens (tertiary/aromatic N) is 2. The molecule has 0 spiro atoms. The van der Waals surface area contributed by atoms with Gasteiger partial charge in [0, 0.05) is 18.2 Å². The number of hydrogen-bond acceptors (Lipinski definition) is 3. The van der Waals surface area contributed by atoms with Crippen LogP contribution in [0, 0.1) is 0 Å². The van der Waals surface area contributed by atoms with E-state index in [9.17, 15) is 13.2 Å². The van der Waals surface area contributed by atoms with E-state index in [1.165, 1.54) is 6.07 Å². The van der Waals surface area contributed by atoms with Crippen LogP contribution in [-0.2, 0) is 6.54 Å². The first kappa shape index (κ1) is 25.1. The molecular weight excluding hydrogens is 381 g/mol. The zero-order valence-corrected chi connectivity index (χ0v) is 18.0. The molecule has 1 aromatic rings. The fourth-order valence-electron chi connectivity index (χ4n) is 2.89. The first-order valence-corrected chi connectivity index (χ1v) is 10.3. The molecule has 1 unspecified atom stereocenters. The van der Waals surface area contributed by atoms with Crippen molar-refractivity contribution in [1.82, 2.24) is 15.5 Å². The van der Waals surface area contributed by atoms with E-state index in [1.54, 1.807) is 18.2 Å². The maximum Gasteiger partial charge on any atom is 0.422 e. The number of benzene rings is 1. The van der Waals surface area contributed by atoms with Gasteiger partial charge < -0.3 is 20.3 Å². The van der Waals surface area contributed by atoms with Gasteiger partial charge in [0.25, 0.3) is 0 Å². The highest BCUT2D eigenvalue weighted by Crippen LogP contribution is 2.22. The van der Waals surface area contributed by atoms with Gasteiger partial charge in [-0.05, 0) is 52.4 Å². The molecule has 5 nitrogen and oxygen atoms in total. The van der Waals surface area contributed by atoms with Crippen molar-refractivity contribution in [2.45, 2.75) is 59.3 Å². The molecule has 0 fully saturated rings. The monoisotopic (exact) mass is 416 g/mol. The number of guanidine groups is 1. The van der Waals surface area contributed by atoms with Gasteiger partial charge in [0.1, 0.15) is 5.75 Å². The van der Waals surface area contributed by atoms with Gasteiger partial charge in [0.2, 0.25) is 0 Å². The van der Waals surface area contributed by atoms with E-state index >= 15 is 0 Å². The summed E-state index contributed by atoms with van der Waals surface area (Å²) < 4.78 is 42.3. The third-order valence-electron chi connectivity index (χ3n) is 4.50. The van der Waals surface area contributed by atoms with Crippen molar-refractivity contribution in [3.63, 3.8) is 0 Å². The predicted molar refractivity (Wildman–Crippen MR) is 112 cm³/mol. The molecule has 0 bridgehead atoms. The number of aliphatic imine (C=N–C) groups is 1. The van der Waals surface area contributed by atoms with Crippen LogP contribution in [0.25, 0.3) is 0 Å². The van der Waals surface area contributed by atoms with E-state index in [0.717, 1.165) is 32.5 Å². The van der Waals surface area contributed by atoms with Crippen LogP contribution in [0.4, 0.5) is 13.2 Å². The number of hydrogen-bond donors (Lipinski definition) is 2. The molecule has 8 heteroatoms. The minimum atomic E-state index is -4.37. The molecule has 166 valence electrons. The van der Waals surface area contributed by atoms with Gasteiger partial charge in [-0.15, -0.1) is 0 Å². The standard InChI is InChI=1S/C21H35F3N4O/c1-5-25-20(27-17(4)11-10-14-28(6-2)7-3)26-15-18-12-8-9-13-19(18)29-16-21(22,23)24/h8-9,12-13,17H,5-7,10-11,14-16H2,1-4H3,(H2,25,26,27). The number of nitrogens with one attached hydrogen (secondary N) is 2. The molecule has 0 heterocycles. The summed E-state index contributed by atoms with van der Waals surface area (Å²) in [6.45, 7) is 11.2. The van der Waals surface area contributed by atoms with Crippen molar-refractivity contribution in [3.8, 4) is 5.75 Å². The van der Waals surface area contributed by atoms with Gasteiger partial charge in [-0.2, -0.15) is 13.2 Å². The second kappa shape index (κ2) is 13.3. The Hall–Kier alpha value is -1.96. The van der Waals surface area contributed by atoms with E-state index in [2.05, 4.69) is 41.3 Å². The Morgan fingerprint density at radius 2 is 1.86 bits per heavy atom. The third-order valence-corrected chi connectivity index (χ3v) is 4.50. The van der Waals surface area contributed by atoms with Gasteiger partial charge in [-0.1, -0.05) is 32.0 Å². The van der Waals surface area contributed by atoms with Gasteiger partial charge >= 0.3 is 6.18 Å². The zero-order chi connectivity index (χ0) is 21.7. The van der Waals surface area contributed by atoms with E-state index in [4.69, 9.17) is 4.74 Å². The maximum absolute atomic E-state index is 12.5. The van der Waals surface area contributed by atoms with Crippen LogP contribution in [-0.4, -0.2) is 55.9 Å². The van der Waals surface area contributed by atoms with Gasteiger partial charge in [0.15, 0.2) is 12.6 Å². The molecule has 0 saturated heterocycles. The van der Waals surface area contributed by atoms with Gasteiger partial charge in [-0.3, -0.25) is 0 Å². The highest BCUT2D eigenvalue weighted by atomic mass is 19.4. The normalized spacial score (nSPS) is 13.4. The topological polar surface area (TPSA) is 48.9 Å². The lowest BCUT2D eigenvalue weighted by molar-refractivity contribution is -0.153. The molecule has 29 heavy (non-hydrogen) atoms. The van der Waals surface area contributed by atoms with Crippen LogP contribution >= 0.6 is 0 Å². The fraction of sp³-hybridized carbons (Fsp3) is 0.667. The average Bonchev–Trinajstić information content (AvgIpc) is 2.68. The summed E-state index contributed by atoms with van der Waals surface area (Å²) in [6.07, 6.45) is -2.27. The maximum atomic E-state index is 12.5. The summed E-state index contributed by atoms with van der Waals surface area (Å²) in [7, 11) is 0. The number of halogens is 3. The van der Waals surface area contributed by atoms with E-state index in [1.807, 2.05) is 6.92 Å². The summed E-state index contributed by atoms with van der Waals surface area (Å²) in [6, 6.07) is 6.92. The van der Waals surface area contributed by atoms with Crippen molar-refractivity contribution >= 4 is 5.96 Å². The van der Waals surface area contributed by atoms with Crippen molar-refractivity contribution in [1.29, 1.82) is 0 Å². The quantitative estimate of drug-likeness (QED) is 0.396. The van der Waals surface area contributed by atoms with Crippen molar-refractivity contribution in [2.24, 2.45) is 4.99 Å². The van der Waals surface area contributed by atoms with E-state index in [-0.39, 0.29) is 18.3 Å². The molecule has 2 N–H and O–H groups in total.